The van der Waals surface area contributed by atoms with Gasteiger partial charge in [-0.05, 0) is 32.0 Å². The number of nitrogen functional groups attached to an aromatic ring is 1. The molecular weight excluding hydrogens is 240 g/mol. The maximum atomic E-state index is 12.2. The highest BCUT2D eigenvalue weighted by molar-refractivity contribution is 6.34. The van der Waals surface area contributed by atoms with Gasteiger partial charge in [0.2, 0.25) is 0 Å². The molecule has 0 spiro atoms. The number of hydrogen-bond acceptors (Lipinski definition) is 3. The third-order valence-corrected chi connectivity index (χ3v) is 2.76. The van der Waals surface area contributed by atoms with Crippen molar-refractivity contribution in [3.63, 3.8) is 0 Å². The topological polar surface area (TPSA) is 66.6 Å². The second kappa shape index (κ2) is 5.89. The van der Waals surface area contributed by atoms with Gasteiger partial charge in [0.1, 0.15) is 0 Å². The van der Waals surface area contributed by atoms with Crippen molar-refractivity contribution in [2.45, 2.75) is 19.9 Å². The molecule has 0 heterocycles. The first-order valence-electron chi connectivity index (χ1n) is 5.44. The highest BCUT2D eigenvalue weighted by atomic mass is 35.5. The van der Waals surface area contributed by atoms with Crippen LogP contribution in [0.4, 0.5) is 5.69 Å². The molecule has 0 aliphatic carbocycles. The molecule has 5 heteroatoms. The Kier molecular flexibility index (Phi) is 4.78. The van der Waals surface area contributed by atoms with Crippen LogP contribution in [0.3, 0.4) is 0 Å². The molecule has 0 bridgehead atoms. The lowest BCUT2D eigenvalue weighted by Crippen LogP contribution is -2.39. The average molecular weight is 257 g/mol. The summed E-state index contributed by atoms with van der Waals surface area (Å²) < 4.78 is 0. The van der Waals surface area contributed by atoms with Gasteiger partial charge in [-0.1, -0.05) is 11.6 Å². The van der Waals surface area contributed by atoms with E-state index in [0.29, 0.717) is 16.3 Å². The minimum atomic E-state index is -0.195. The van der Waals surface area contributed by atoms with Crippen molar-refractivity contribution in [1.82, 2.24) is 4.90 Å². The van der Waals surface area contributed by atoms with Crippen LogP contribution in [-0.2, 0) is 0 Å². The lowest BCUT2D eigenvalue weighted by molar-refractivity contribution is 0.0665. The molecule has 3 N–H and O–H groups in total. The van der Waals surface area contributed by atoms with Crippen LogP contribution >= 0.6 is 11.6 Å². The summed E-state index contributed by atoms with van der Waals surface area (Å²) in [5, 5.41) is 9.28. The summed E-state index contributed by atoms with van der Waals surface area (Å²) in [5.41, 5.74) is 6.50. The minimum absolute atomic E-state index is 0.00303. The fourth-order valence-corrected chi connectivity index (χ4v) is 1.83. The number of aliphatic hydroxyl groups excluding tert-OH is 1. The van der Waals surface area contributed by atoms with Crippen LogP contribution in [-0.4, -0.2) is 35.1 Å². The first-order chi connectivity index (χ1) is 7.97. The van der Waals surface area contributed by atoms with Crippen molar-refractivity contribution >= 4 is 23.2 Å². The third-order valence-electron chi connectivity index (χ3n) is 2.45. The number of benzene rings is 1. The SMILES string of the molecule is CC(C)N(CCO)C(=O)c1ccc(N)cc1Cl. The molecule has 0 unspecified atom stereocenters. The van der Waals surface area contributed by atoms with Crippen LogP contribution in [0.15, 0.2) is 18.2 Å². The van der Waals surface area contributed by atoms with E-state index in [-0.39, 0.29) is 25.1 Å². The van der Waals surface area contributed by atoms with E-state index in [2.05, 4.69) is 0 Å². The summed E-state index contributed by atoms with van der Waals surface area (Å²) in [6.45, 7) is 3.99. The molecule has 0 saturated carbocycles. The molecule has 4 nitrogen and oxygen atoms in total. The van der Waals surface area contributed by atoms with Crippen LogP contribution in [0.1, 0.15) is 24.2 Å². The number of nitrogens with zero attached hydrogens (tertiary/aromatic N) is 1. The largest absolute Gasteiger partial charge is 0.399 e. The predicted octanol–water partition coefficient (Wildman–Crippen LogP) is 1.77. The second-order valence-corrected chi connectivity index (χ2v) is 4.46. The second-order valence-electron chi connectivity index (χ2n) is 4.06. The predicted molar refractivity (Wildman–Crippen MR) is 69.1 cm³/mol. The lowest BCUT2D eigenvalue weighted by atomic mass is 10.1. The molecule has 17 heavy (non-hydrogen) atoms. The molecule has 0 aromatic heterocycles. The monoisotopic (exact) mass is 256 g/mol. The molecule has 94 valence electrons. The van der Waals surface area contributed by atoms with Crippen molar-refractivity contribution in [2.24, 2.45) is 0 Å². The fraction of sp³-hybridized carbons (Fsp3) is 0.417. The summed E-state index contributed by atoms with van der Waals surface area (Å²) in [7, 11) is 0. The van der Waals surface area contributed by atoms with E-state index in [1.165, 1.54) is 0 Å². The van der Waals surface area contributed by atoms with Crippen molar-refractivity contribution < 1.29 is 9.90 Å². The molecule has 0 fully saturated rings. The molecule has 0 aliphatic rings. The van der Waals surface area contributed by atoms with Gasteiger partial charge in [0.05, 0.1) is 17.2 Å². The zero-order valence-electron chi connectivity index (χ0n) is 9.98. The third kappa shape index (κ3) is 3.35. The summed E-state index contributed by atoms with van der Waals surface area (Å²) in [4.78, 5) is 13.8. The summed E-state index contributed by atoms with van der Waals surface area (Å²) in [5.74, 6) is -0.195. The molecule has 1 aromatic rings. The Bertz CT molecular complexity index is 407. The Balaban J connectivity index is 3.01. The number of rotatable bonds is 4. The summed E-state index contributed by atoms with van der Waals surface area (Å²) in [6, 6.07) is 4.79. The average Bonchev–Trinajstić information content (AvgIpc) is 2.24. The quantitative estimate of drug-likeness (QED) is 0.807. The van der Waals surface area contributed by atoms with E-state index in [1.54, 1.807) is 23.1 Å². The normalized spacial score (nSPS) is 10.6. The number of carbonyl (C=O) groups is 1. The van der Waals surface area contributed by atoms with Gasteiger partial charge in [-0.3, -0.25) is 4.79 Å². The van der Waals surface area contributed by atoms with E-state index in [0.717, 1.165) is 0 Å². The van der Waals surface area contributed by atoms with Crippen LogP contribution < -0.4 is 5.73 Å². The molecule has 1 aromatic carbocycles. The van der Waals surface area contributed by atoms with Gasteiger partial charge >= 0.3 is 0 Å². The van der Waals surface area contributed by atoms with Crippen LogP contribution in [0, 0.1) is 0 Å². The van der Waals surface area contributed by atoms with Gasteiger partial charge in [-0.15, -0.1) is 0 Å². The number of hydrogen-bond donors (Lipinski definition) is 2. The van der Waals surface area contributed by atoms with Crippen molar-refractivity contribution in [2.75, 3.05) is 18.9 Å². The fourth-order valence-electron chi connectivity index (χ4n) is 1.56. The number of nitrogens with two attached hydrogens (primary N) is 1. The van der Waals surface area contributed by atoms with Crippen molar-refractivity contribution in [3.05, 3.63) is 28.8 Å². The number of halogens is 1. The molecule has 0 radical (unpaired) electrons. The van der Waals surface area contributed by atoms with Crippen molar-refractivity contribution in [1.29, 1.82) is 0 Å². The molecule has 1 amide bonds. The minimum Gasteiger partial charge on any atom is -0.399 e. The van der Waals surface area contributed by atoms with Gasteiger partial charge in [0.15, 0.2) is 0 Å². The van der Waals surface area contributed by atoms with Crippen LogP contribution in [0.5, 0.6) is 0 Å². The maximum Gasteiger partial charge on any atom is 0.255 e. The molecule has 0 atom stereocenters. The highest BCUT2D eigenvalue weighted by Crippen LogP contribution is 2.21. The van der Waals surface area contributed by atoms with Gasteiger partial charge in [0, 0.05) is 18.3 Å². The Morgan fingerprint density at radius 2 is 2.18 bits per heavy atom. The van der Waals surface area contributed by atoms with Crippen molar-refractivity contribution in [3.8, 4) is 0 Å². The number of aliphatic hydroxyl groups is 1. The smallest absolute Gasteiger partial charge is 0.255 e. The standard InChI is InChI=1S/C12H17ClN2O2/c1-8(2)15(5-6-16)12(17)10-4-3-9(14)7-11(10)13/h3-4,7-8,16H,5-6,14H2,1-2H3. The Hall–Kier alpha value is -1.26. The first kappa shape index (κ1) is 13.8. The van der Waals surface area contributed by atoms with E-state index < -0.39 is 0 Å². The Labute approximate surface area is 106 Å². The van der Waals surface area contributed by atoms with E-state index in [9.17, 15) is 4.79 Å². The van der Waals surface area contributed by atoms with Gasteiger partial charge < -0.3 is 15.7 Å². The lowest BCUT2D eigenvalue weighted by Gasteiger charge is -2.26. The molecular formula is C12H17ClN2O2. The summed E-state index contributed by atoms with van der Waals surface area (Å²) >= 11 is 5.98. The zero-order chi connectivity index (χ0) is 13.0. The van der Waals surface area contributed by atoms with Gasteiger partial charge in [0.25, 0.3) is 5.91 Å². The molecule has 1 rings (SSSR count). The van der Waals surface area contributed by atoms with Gasteiger partial charge in [-0.2, -0.15) is 0 Å². The maximum absolute atomic E-state index is 12.2. The van der Waals surface area contributed by atoms with Crippen LogP contribution in [0.25, 0.3) is 0 Å². The van der Waals surface area contributed by atoms with E-state index in [1.807, 2.05) is 13.8 Å². The highest BCUT2D eigenvalue weighted by Gasteiger charge is 2.20. The molecule has 0 aliphatic heterocycles. The Morgan fingerprint density at radius 1 is 1.53 bits per heavy atom. The number of carbonyl (C=O) groups excluding carboxylic acids is 1. The zero-order valence-corrected chi connectivity index (χ0v) is 10.7. The van der Waals surface area contributed by atoms with Crippen LogP contribution in [0.2, 0.25) is 5.02 Å². The Morgan fingerprint density at radius 3 is 2.65 bits per heavy atom. The first-order valence-corrected chi connectivity index (χ1v) is 5.82. The molecule has 0 saturated heterocycles. The summed E-state index contributed by atoms with van der Waals surface area (Å²) in [6.07, 6.45) is 0. The number of amides is 1. The van der Waals surface area contributed by atoms with E-state index >= 15 is 0 Å². The number of anilines is 1. The van der Waals surface area contributed by atoms with Gasteiger partial charge in [-0.25, -0.2) is 0 Å². The van der Waals surface area contributed by atoms with E-state index in [4.69, 9.17) is 22.4 Å².